The van der Waals surface area contributed by atoms with Gasteiger partial charge in [-0.15, -0.1) is 11.8 Å². The monoisotopic (exact) mass is 272 g/mol. The van der Waals surface area contributed by atoms with Gasteiger partial charge in [0.15, 0.2) is 0 Å². The normalized spacial score (nSPS) is 25.1. The molecule has 0 spiro atoms. The number of carbonyl (C=O) groups is 1. The first-order valence-electron chi connectivity index (χ1n) is 6.54. The lowest BCUT2D eigenvalue weighted by atomic mass is 9.86. The maximum atomic E-state index is 11.5. The molecule has 0 heterocycles. The highest BCUT2D eigenvalue weighted by atomic mass is 32.2. The first-order valence-corrected chi connectivity index (χ1v) is 7.77. The van der Waals surface area contributed by atoms with Gasteiger partial charge >= 0.3 is 6.09 Å². The van der Waals surface area contributed by atoms with E-state index in [1.54, 1.807) is 11.8 Å². The van der Waals surface area contributed by atoms with E-state index in [1.807, 2.05) is 20.9 Å². The van der Waals surface area contributed by atoms with Crippen molar-refractivity contribution in [1.29, 1.82) is 0 Å². The summed E-state index contributed by atoms with van der Waals surface area (Å²) in [6.07, 6.45) is 5.95. The molecule has 1 amide bonds. The van der Waals surface area contributed by atoms with Gasteiger partial charge in [-0.3, -0.25) is 4.99 Å². The third-order valence-electron chi connectivity index (χ3n) is 3.17. The SMILES string of the molecule is CN=C(SC)C1CCC(NC(=O)OC(C)C)CC1. The Balaban J connectivity index is 2.33. The number of nitrogens with one attached hydrogen (secondary N) is 1. The van der Waals surface area contributed by atoms with E-state index < -0.39 is 0 Å². The minimum absolute atomic E-state index is 0.0587. The molecule has 4 nitrogen and oxygen atoms in total. The molecular weight excluding hydrogens is 248 g/mol. The molecule has 0 aliphatic heterocycles. The Morgan fingerprint density at radius 3 is 2.39 bits per heavy atom. The van der Waals surface area contributed by atoms with Gasteiger partial charge in [0.2, 0.25) is 0 Å². The van der Waals surface area contributed by atoms with Crippen molar-refractivity contribution >= 4 is 22.9 Å². The molecule has 0 aromatic rings. The number of ether oxygens (including phenoxy) is 1. The van der Waals surface area contributed by atoms with Gasteiger partial charge < -0.3 is 10.1 Å². The molecule has 1 aliphatic rings. The van der Waals surface area contributed by atoms with Crippen molar-refractivity contribution in [1.82, 2.24) is 5.32 Å². The van der Waals surface area contributed by atoms with Gasteiger partial charge in [0.05, 0.1) is 11.1 Å². The fourth-order valence-electron chi connectivity index (χ4n) is 2.34. The lowest BCUT2D eigenvalue weighted by Crippen LogP contribution is -2.39. The largest absolute Gasteiger partial charge is 0.447 e. The first kappa shape index (κ1) is 15.3. The molecule has 5 heteroatoms. The second-order valence-electron chi connectivity index (χ2n) is 4.91. The second kappa shape index (κ2) is 7.67. The molecule has 1 saturated carbocycles. The fourth-order valence-corrected chi connectivity index (χ4v) is 3.09. The zero-order chi connectivity index (χ0) is 13.5. The fraction of sp³-hybridized carbons (Fsp3) is 0.846. The van der Waals surface area contributed by atoms with Gasteiger partial charge in [-0.05, 0) is 45.8 Å². The van der Waals surface area contributed by atoms with E-state index in [4.69, 9.17) is 4.74 Å². The number of alkyl carbamates (subject to hydrolysis) is 1. The molecule has 1 fully saturated rings. The Morgan fingerprint density at radius 2 is 1.94 bits per heavy atom. The molecule has 1 aliphatic carbocycles. The van der Waals surface area contributed by atoms with Crippen molar-refractivity contribution in [2.45, 2.75) is 51.7 Å². The number of carbonyl (C=O) groups excluding carboxylic acids is 1. The van der Waals surface area contributed by atoms with Crippen LogP contribution < -0.4 is 5.32 Å². The first-order chi connectivity index (χ1) is 8.56. The van der Waals surface area contributed by atoms with E-state index in [0.717, 1.165) is 25.7 Å². The van der Waals surface area contributed by atoms with E-state index >= 15 is 0 Å². The third kappa shape index (κ3) is 4.88. The molecule has 18 heavy (non-hydrogen) atoms. The molecule has 104 valence electrons. The van der Waals surface area contributed by atoms with E-state index in [1.165, 1.54) is 5.04 Å². The van der Waals surface area contributed by atoms with Crippen LogP contribution in [0.1, 0.15) is 39.5 Å². The highest BCUT2D eigenvalue weighted by Crippen LogP contribution is 2.28. The highest BCUT2D eigenvalue weighted by Gasteiger charge is 2.25. The average Bonchev–Trinajstić information content (AvgIpc) is 2.31. The number of nitrogens with zero attached hydrogens (tertiary/aromatic N) is 1. The highest BCUT2D eigenvalue weighted by molar-refractivity contribution is 8.13. The number of rotatable bonds is 3. The van der Waals surface area contributed by atoms with Gasteiger partial charge in [0.25, 0.3) is 0 Å². The molecule has 0 radical (unpaired) electrons. The van der Waals surface area contributed by atoms with Crippen LogP contribution in [0, 0.1) is 5.92 Å². The van der Waals surface area contributed by atoms with E-state index in [-0.39, 0.29) is 18.2 Å². The van der Waals surface area contributed by atoms with Crippen LogP contribution in [-0.4, -0.2) is 36.6 Å². The molecule has 0 saturated heterocycles. The number of hydrogen-bond donors (Lipinski definition) is 1. The van der Waals surface area contributed by atoms with Crippen molar-refractivity contribution in [3.63, 3.8) is 0 Å². The maximum Gasteiger partial charge on any atom is 0.407 e. The summed E-state index contributed by atoms with van der Waals surface area (Å²) in [5, 5.41) is 4.17. The summed E-state index contributed by atoms with van der Waals surface area (Å²) in [6, 6.07) is 0.257. The number of hydrogen-bond acceptors (Lipinski definition) is 4. The van der Waals surface area contributed by atoms with Crippen LogP contribution in [0.25, 0.3) is 0 Å². The Morgan fingerprint density at radius 1 is 1.33 bits per heavy atom. The summed E-state index contributed by atoms with van der Waals surface area (Å²) in [5.41, 5.74) is 0. The summed E-state index contributed by atoms with van der Waals surface area (Å²) in [7, 11) is 1.86. The van der Waals surface area contributed by atoms with Gasteiger partial charge in [0.1, 0.15) is 0 Å². The summed E-state index contributed by atoms with van der Waals surface area (Å²) in [6.45, 7) is 3.72. The van der Waals surface area contributed by atoms with Crippen molar-refractivity contribution in [2.75, 3.05) is 13.3 Å². The van der Waals surface area contributed by atoms with Crippen molar-refractivity contribution in [3.05, 3.63) is 0 Å². The summed E-state index contributed by atoms with van der Waals surface area (Å²) >= 11 is 1.74. The quantitative estimate of drug-likeness (QED) is 0.634. The third-order valence-corrected chi connectivity index (χ3v) is 4.10. The van der Waals surface area contributed by atoms with Crippen molar-refractivity contribution in [3.8, 4) is 0 Å². The molecule has 0 aromatic heterocycles. The molecule has 0 atom stereocenters. The van der Waals surface area contributed by atoms with Crippen LogP contribution in [0.2, 0.25) is 0 Å². The molecule has 0 bridgehead atoms. The lowest BCUT2D eigenvalue weighted by Gasteiger charge is -2.29. The zero-order valence-electron chi connectivity index (χ0n) is 11.7. The lowest BCUT2D eigenvalue weighted by molar-refractivity contribution is 0.109. The van der Waals surface area contributed by atoms with Gasteiger partial charge in [0, 0.05) is 19.0 Å². The van der Waals surface area contributed by atoms with E-state index in [2.05, 4.69) is 16.6 Å². The van der Waals surface area contributed by atoms with Gasteiger partial charge in [-0.1, -0.05) is 0 Å². The van der Waals surface area contributed by atoms with Gasteiger partial charge in [-0.25, -0.2) is 4.79 Å². The van der Waals surface area contributed by atoms with E-state index in [9.17, 15) is 4.79 Å². The van der Waals surface area contributed by atoms with Crippen LogP contribution in [0.15, 0.2) is 4.99 Å². The predicted octanol–water partition coefficient (Wildman–Crippen LogP) is 3.07. The smallest absolute Gasteiger partial charge is 0.407 e. The van der Waals surface area contributed by atoms with Crippen molar-refractivity contribution in [2.24, 2.45) is 10.9 Å². The Kier molecular flexibility index (Phi) is 6.54. The summed E-state index contributed by atoms with van der Waals surface area (Å²) in [4.78, 5) is 15.8. The second-order valence-corrected chi connectivity index (χ2v) is 5.74. The average molecular weight is 272 g/mol. The van der Waals surface area contributed by atoms with E-state index in [0.29, 0.717) is 5.92 Å². The predicted molar refractivity (Wildman–Crippen MR) is 77.4 cm³/mol. The minimum Gasteiger partial charge on any atom is -0.447 e. The summed E-state index contributed by atoms with van der Waals surface area (Å²) in [5.74, 6) is 0.573. The topological polar surface area (TPSA) is 50.7 Å². The molecule has 1 rings (SSSR count). The molecular formula is C13H24N2O2S. The van der Waals surface area contributed by atoms with Gasteiger partial charge in [-0.2, -0.15) is 0 Å². The Labute approximate surface area is 114 Å². The van der Waals surface area contributed by atoms with Crippen LogP contribution in [-0.2, 0) is 4.74 Å². The molecule has 1 N–H and O–H groups in total. The molecule has 0 unspecified atom stereocenters. The number of thioether (sulfide) groups is 1. The Hall–Kier alpha value is -0.710. The molecule has 0 aromatic carbocycles. The number of aliphatic imine (C=N–C) groups is 1. The van der Waals surface area contributed by atoms with Crippen LogP contribution in [0.4, 0.5) is 4.79 Å². The van der Waals surface area contributed by atoms with Crippen LogP contribution in [0.5, 0.6) is 0 Å². The number of amides is 1. The summed E-state index contributed by atoms with van der Waals surface area (Å²) < 4.78 is 5.09. The van der Waals surface area contributed by atoms with Crippen LogP contribution in [0.3, 0.4) is 0 Å². The van der Waals surface area contributed by atoms with Crippen molar-refractivity contribution < 1.29 is 9.53 Å². The Bertz CT molecular complexity index is 297. The minimum atomic E-state index is -0.289. The maximum absolute atomic E-state index is 11.5. The standard InChI is InChI=1S/C13H24N2O2S/c1-9(2)17-13(16)15-11-7-5-10(6-8-11)12(14-3)18-4/h9-11H,5-8H2,1-4H3,(H,15,16). The van der Waals surface area contributed by atoms with Crippen LogP contribution >= 0.6 is 11.8 Å². The zero-order valence-corrected chi connectivity index (χ0v) is 12.5.